The Bertz CT molecular complexity index is 1200. The summed E-state index contributed by atoms with van der Waals surface area (Å²) >= 11 is 0. The maximum absolute atomic E-state index is 14.7. The summed E-state index contributed by atoms with van der Waals surface area (Å²) in [5.41, 5.74) is -1.49. The number of rotatable bonds is 5. The van der Waals surface area contributed by atoms with Gasteiger partial charge in [-0.2, -0.15) is 13.2 Å². The van der Waals surface area contributed by atoms with Crippen molar-refractivity contribution in [3.05, 3.63) is 65.2 Å². The largest absolute Gasteiger partial charge is 0.416 e. The van der Waals surface area contributed by atoms with Crippen molar-refractivity contribution in [1.29, 1.82) is 0 Å². The van der Waals surface area contributed by atoms with Crippen LogP contribution in [0.25, 0.3) is 0 Å². The molecule has 0 spiro atoms. The standard InChI is InChI=1S/C20H20F5NO4S2/c1-31(27,28)26-15-8-10-19(11-9-15,17-12-14(21)4-7-18(17)22)32(29,30)16-5-2-13(3-6-16)20(23,24)25/h2-7,12,15,26H,8-11H2,1H3. The minimum absolute atomic E-state index is 0.00287. The van der Waals surface area contributed by atoms with Gasteiger partial charge in [-0.25, -0.2) is 30.3 Å². The van der Waals surface area contributed by atoms with Gasteiger partial charge in [-0.3, -0.25) is 0 Å². The Morgan fingerprint density at radius 2 is 1.50 bits per heavy atom. The van der Waals surface area contributed by atoms with Crippen LogP contribution in [0.3, 0.4) is 0 Å². The topological polar surface area (TPSA) is 80.3 Å². The van der Waals surface area contributed by atoms with Crippen molar-refractivity contribution in [2.24, 2.45) is 0 Å². The van der Waals surface area contributed by atoms with Crippen LogP contribution in [-0.2, 0) is 30.8 Å². The molecule has 0 amide bonds. The average molecular weight is 498 g/mol. The first kappa shape index (κ1) is 24.6. The summed E-state index contributed by atoms with van der Waals surface area (Å²) in [5.74, 6) is -1.85. The molecule has 1 fully saturated rings. The molecule has 1 saturated carbocycles. The Hall–Kier alpha value is -2.05. The van der Waals surface area contributed by atoms with E-state index >= 15 is 0 Å². The zero-order valence-corrected chi connectivity index (χ0v) is 18.4. The van der Waals surface area contributed by atoms with E-state index in [1.54, 1.807) is 0 Å². The second-order valence-corrected chi connectivity index (χ2v) is 11.8. The van der Waals surface area contributed by atoms with Crippen molar-refractivity contribution in [2.45, 2.75) is 47.5 Å². The summed E-state index contributed by atoms with van der Waals surface area (Å²) < 4.78 is 118. The third kappa shape index (κ3) is 4.81. The molecule has 3 rings (SSSR count). The van der Waals surface area contributed by atoms with E-state index in [0.29, 0.717) is 12.1 Å². The third-order valence-corrected chi connectivity index (χ3v) is 8.91. The van der Waals surface area contributed by atoms with Crippen molar-refractivity contribution in [3.63, 3.8) is 0 Å². The Morgan fingerprint density at radius 3 is 2.00 bits per heavy atom. The van der Waals surface area contributed by atoms with E-state index in [9.17, 15) is 38.8 Å². The average Bonchev–Trinajstić information content (AvgIpc) is 2.69. The molecular formula is C20H20F5NO4S2. The van der Waals surface area contributed by atoms with Crippen LogP contribution < -0.4 is 4.72 Å². The number of hydrogen-bond donors (Lipinski definition) is 1. The van der Waals surface area contributed by atoms with Crippen LogP contribution in [0.15, 0.2) is 47.4 Å². The first-order valence-electron chi connectivity index (χ1n) is 9.50. The first-order chi connectivity index (χ1) is 14.7. The van der Waals surface area contributed by atoms with Gasteiger partial charge in [-0.15, -0.1) is 0 Å². The van der Waals surface area contributed by atoms with E-state index in [2.05, 4.69) is 4.72 Å². The van der Waals surface area contributed by atoms with Gasteiger partial charge in [0.25, 0.3) is 0 Å². The summed E-state index contributed by atoms with van der Waals surface area (Å²) in [5, 5.41) is 0. The minimum atomic E-state index is -4.68. The fraction of sp³-hybridized carbons (Fsp3) is 0.400. The predicted molar refractivity (Wildman–Crippen MR) is 107 cm³/mol. The van der Waals surface area contributed by atoms with Crippen LogP contribution in [0.4, 0.5) is 22.0 Å². The van der Waals surface area contributed by atoms with Crippen molar-refractivity contribution < 1.29 is 38.8 Å². The van der Waals surface area contributed by atoms with Crippen molar-refractivity contribution in [2.75, 3.05) is 6.26 Å². The van der Waals surface area contributed by atoms with Gasteiger partial charge in [-0.05, 0) is 68.1 Å². The van der Waals surface area contributed by atoms with Gasteiger partial charge in [0, 0.05) is 11.6 Å². The van der Waals surface area contributed by atoms with E-state index in [1.165, 1.54) is 0 Å². The number of hydrogen-bond acceptors (Lipinski definition) is 4. The monoisotopic (exact) mass is 497 g/mol. The van der Waals surface area contributed by atoms with Gasteiger partial charge in [0.1, 0.15) is 16.4 Å². The molecule has 32 heavy (non-hydrogen) atoms. The van der Waals surface area contributed by atoms with E-state index in [1.807, 2.05) is 0 Å². The highest BCUT2D eigenvalue weighted by molar-refractivity contribution is 7.92. The SMILES string of the molecule is CS(=O)(=O)NC1CCC(c2cc(F)ccc2F)(S(=O)(=O)c2ccc(C(F)(F)F)cc2)CC1. The van der Waals surface area contributed by atoms with E-state index in [0.717, 1.165) is 36.6 Å². The normalized spacial score (nSPS) is 22.6. The van der Waals surface area contributed by atoms with Gasteiger partial charge in [-0.1, -0.05) is 0 Å². The first-order valence-corrected chi connectivity index (χ1v) is 12.9. The van der Waals surface area contributed by atoms with Gasteiger partial charge in [0.05, 0.1) is 16.7 Å². The van der Waals surface area contributed by atoms with Crippen LogP contribution in [0.5, 0.6) is 0 Å². The van der Waals surface area contributed by atoms with Crippen molar-refractivity contribution in [3.8, 4) is 0 Å². The molecule has 0 bridgehead atoms. The lowest BCUT2D eigenvalue weighted by Gasteiger charge is -2.40. The van der Waals surface area contributed by atoms with E-state index in [-0.39, 0.29) is 25.7 Å². The molecule has 0 aromatic heterocycles. The molecule has 0 aliphatic heterocycles. The summed E-state index contributed by atoms with van der Waals surface area (Å²) in [6.45, 7) is 0. The summed E-state index contributed by atoms with van der Waals surface area (Å²) in [6, 6.07) is 4.57. The Balaban J connectivity index is 2.10. The van der Waals surface area contributed by atoms with Gasteiger partial charge in [0.2, 0.25) is 10.0 Å². The smallest absolute Gasteiger partial charge is 0.223 e. The minimum Gasteiger partial charge on any atom is -0.223 e. The van der Waals surface area contributed by atoms with Crippen LogP contribution in [0.1, 0.15) is 36.8 Å². The number of sulfone groups is 1. The van der Waals surface area contributed by atoms with Gasteiger partial charge < -0.3 is 0 Å². The maximum atomic E-state index is 14.7. The second kappa shape index (κ2) is 8.38. The van der Waals surface area contributed by atoms with Gasteiger partial charge in [0.15, 0.2) is 9.84 Å². The highest BCUT2D eigenvalue weighted by Gasteiger charge is 2.50. The van der Waals surface area contributed by atoms with E-state index in [4.69, 9.17) is 0 Å². The number of nitrogens with one attached hydrogen (secondary N) is 1. The Morgan fingerprint density at radius 1 is 0.938 bits per heavy atom. The zero-order valence-electron chi connectivity index (χ0n) is 16.8. The lowest BCUT2D eigenvalue weighted by molar-refractivity contribution is -0.137. The molecule has 1 aliphatic carbocycles. The van der Waals surface area contributed by atoms with Crippen LogP contribution in [0.2, 0.25) is 0 Å². The number of alkyl halides is 3. The molecule has 0 heterocycles. The Labute approximate surface area is 182 Å². The number of halogens is 5. The van der Waals surface area contributed by atoms with Gasteiger partial charge >= 0.3 is 6.18 Å². The van der Waals surface area contributed by atoms with Crippen molar-refractivity contribution >= 4 is 19.9 Å². The zero-order chi connectivity index (χ0) is 23.9. The highest BCUT2D eigenvalue weighted by atomic mass is 32.2. The second-order valence-electron chi connectivity index (χ2n) is 7.81. The Kier molecular flexibility index (Phi) is 6.44. The van der Waals surface area contributed by atoms with Crippen molar-refractivity contribution in [1.82, 2.24) is 4.72 Å². The number of benzene rings is 2. The molecule has 176 valence electrons. The molecule has 2 aromatic rings. The van der Waals surface area contributed by atoms with Crippen LogP contribution in [-0.4, -0.2) is 29.1 Å². The molecule has 0 saturated heterocycles. The lowest BCUT2D eigenvalue weighted by atomic mass is 9.80. The summed E-state index contributed by atoms with van der Waals surface area (Å²) in [6.07, 6.45) is -4.25. The predicted octanol–water partition coefficient (Wildman–Crippen LogP) is 4.14. The fourth-order valence-corrected chi connectivity index (χ4v) is 7.09. The van der Waals surface area contributed by atoms with Crippen LogP contribution in [0, 0.1) is 11.6 Å². The highest BCUT2D eigenvalue weighted by Crippen LogP contribution is 2.48. The van der Waals surface area contributed by atoms with E-state index < -0.39 is 64.5 Å². The molecule has 1 N–H and O–H groups in total. The fourth-order valence-electron chi connectivity index (χ4n) is 4.08. The maximum Gasteiger partial charge on any atom is 0.416 e. The van der Waals surface area contributed by atoms with Crippen LogP contribution >= 0.6 is 0 Å². The molecule has 2 aromatic carbocycles. The molecule has 1 aliphatic rings. The molecule has 0 unspecified atom stereocenters. The molecule has 5 nitrogen and oxygen atoms in total. The molecule has 0 atom stereocenters. The summed E-state index contributed by atoms with van der Waals surface area (Å²) in [7, 11) is -8.08. The number of sulfonamides is 1. The quantitative estimate of drug-likeness (QED) is 0.630. The molecule has 12 heteroatoms. The third-order valence-electron chi connectivity index (χ3n) is 5.60. The lowest BCUT2D eigenvalue weighted by Crippen LogP contribution is -2.46. The molecule has 0 radical (unpaired) electrons. The molecular weight excluding hydrogens is 477 g/mol. The summed E-state index contributed by atoms with van der Waals surface area (Å²) in [4.78, 5) is -0.469.